The lowest BCUT2D eigenvalue weighted by atomic mass is 10.0. The van der Waals surface area contributed by atoms with Crippen LogP contribution in [-0.4, -0.2) is 40.9 Å². The molecule has 8 nitrogen and oxygen atoms in total. The second-order valence-electron chi connectivity index (χ2n) is 8.46. The molecule has 28 heavy (non-hydrogen) atoms. The number of ether oxygens (including phenoxy) is 1. The average molecular weight is 390 g/mol. The van der Waals surface area contributed by atoms with Crippen molar-refractivity contribution in [3.05, 3.63) is 27.8 Å². The highest BCUT2D eigenvalue weighted by molar-refractivity contribution is 6.03. The number of nitrogens with two attached hydrogens (primary N) is 2. The van der Waals surface area contributed by atoms with Crippen molar-refractivity contribution < 1.29 is 19.0 Å². The molecule has 2 unspecified atom stereocenters. The van der Waals surface area contributed by atoms with Crippen molar-refractivity contribution in [2.45, 2.75) is 44.8 Å². The zero-order valence-electron chi connectivity index (χ0n) is 16.0. The fourth-order valence-corrected chi connectivity index (χ4v) is 4.18. The van der Waals surface area contributed by atoms with Crippen LogP contribution in [0.2, 0.25) is 0 Å². The lowest BCUT2D eigenvalue weighted by Crippen LogP contribution is -2.40. The van der Waals surface area contributed by atoms with Gasteiger partial charge >= 0.3 is 5.97 Å². The van der Waals surface area contributed by atoms with Crippen LogP contribution in [0.3, 0.4) is 0 Å². The highest BCUT2D eigenvalue weighted by Gasteiger charge is 2.40. The maximum absolute atomic E-state index is 15.3. The fourth-order valence-electron chi connectivity index (χ4n) is 4.18. The number of rotatable bonds is 1. The van der Waals surface area contributed by atoms with Crippen molar-refractivity contribution in [3.63, 3.8) is 0 Å². The molecule has 0 spiro atoms. The molecule has 5 N–H and O–H groups in total. The molecule has 150 valence electrons. The lowest BCUT2D eigenvalue weighted by molar-refractivity contribution is 0.0694. The van der Waals surface area contributed by atoms with Crippen LogP contribution < -0.4 is 26.5 Å². The van der Waals surface area contributed by atoms with E-state index < -0.39 is 28.3 Å². The normalized spacial score (nSPS) is 21.4. The van der Waals surface area contributed by atoms with Crippen LogP contribution in [0.5, 0.6) is 5.75 Å². The number of nitrogen functional groups attached to an aromatic ring is 1. The van der Waals surface area contributed by atoms with Gasteiger partial charge in [0.05, 0.1) is 22.6 Å². The number of carboxylic acid groups (broad SMARTS) is 1. The zero-order chi connectivity index (χ0) is 20.5. The van der Waals surface area contributed by atoms with Crippen LogP contribution >= 0.6 is 0 Å². The SMILES string of the molecule is CC(C)(C)n1cc(C(=O)O)c(=O)c2c(N)c(F)c3c(c21)OCC1CC(N)CN31. The van der Waals surface area contributed by atoms with E-state index in [4.69, 9.17) is 16.2 Å². The fraction of sp³-hybridized carbons (Fsp3) is 0.474. The summed E-state index contributed by atoms with van der Waals surface area (Å²) < 4.78 is 22.9. The number of halogens is 1. The van der Waals surface area contributed by atoms with Crippen LogP contribution in [0.25, 0.3) is 10.9 Å². The highest BCUT2D eigenvalue weighted by atomic mass is 19.1. The zero-order valence-corrected chi connectivity index (χ0v) is 16.0. The number of carboxylic acids is 1. The number of aromatic nitrogens is 1. The number of aromatic carboxylic acids is 1. The van der Waals surface area contributed by atoms with Crippen LogP contribution in [0, 0.1) is 5.82 Å². The number of hydrogen-bond donors (Lipinski definition) is 3. The second kappa shape index (κ2) is 5.84. The summed E-state index contributed by atoms with van der Waals surface area (Å²) in [6, 6.07) is -0.183. The third kappa shape index (κ3) is 2.46. The van der Waals surface area contributed by atoms with Crippen LogP contribution in [-0.2, 0) is 5.54 Å². The summed E-state index contributed by atoms with van der Waals surface area (Å²) in [5.41, 5.74) is 10.3. The minimum absolute atomic E-state index is 0.0676. The molecule has 1 aromatic carbocycles. The molecule has 0 radical (unpaired) electrons. The number of benzene rings is 1. The Bertz CT molecular complexity index is 1070. The Labute approximate surface area is 160 Å². The Kier molecular flexibility index (Phi) is 3.87. The Morgan fingerprint density at radius 1 is 1.39 bits per heavy atom. The number of anilines is 2. The molecule has 0 bridgehead atoms. The van der Waals surface area contributed by atoms with Gasteiger partial charge in [-0.15, -0.1) is 0 Å². The first-order chi connectivity index (χ1) is 13.0. The van der Waals surface area contributed by atoms with Gasteiger partial charge in [-0.05, 0) is 27.2 Å². The van der Waals surface area contributed by atoms with Gasteiger partial charge in [-0.3, -0.25) is 4.79 Å². The topological polar surface area (TPSA) is 124 Å². The van der Waals surface area contributed by atoms with E-state index in [1.54, 1.807) is 4.57 Å². The predicted octanol–water partition coefficient (Wildman–Crippen LogP) is 1.47. The number of nitrogens with zero attached hydrogens (tertiary/aromatic N) is 2. The van der Waals surface area contributed by atoms with Gasteiger partial charge in [-0.1, -0.05) is 0 Å². The molecule has 0 saturated carbocycles. The monoisotopic (exact) mass is 390 g/mol. The molecule has 9 heteroatoms. The smallest absolute Gasteiger partial charge is 0.341 e. The van der Waals surface area contributed by atoms with Gasteiger partial charge in [0.15, 0.2) is 11.6 Å². The van der Waals surface area contributed by atoms with Crippen molar-refractivity contribution in [3.8, 4) is 5.75 Å². The summed E-state index contributed by atoms with van der Waals surface area (Å²) in [6.45, 7) is 6.32. The van der Waals surface area contributed by atoms with E-state index in [0.29, 0.717) is 25.1 Å². The number of carbonyl (C=O) groups is 1. The van der Waals surface area contributed by atoms with Crippen LogP contribution in [0.15, 0.2) is 11.0 Å². The average Bonchev–Trinajstić information content (AvgIpc) is 2.97. The Morgan fingerprint density at radius 3 is 2.68 bits per heavy atom. The van der Waals surface area contributed by atoms with Crippen molar-refractivity contribution in [1.82, 2.24) is 4.57 Å². The van der Waals surface area contributed by atoms with Crippen molar-refractivity contribution in [2.75, 3.05) is 23.8 Å². The Balaban J connectivity index is 2.18. The summed E-state index contributed by atoms with van der Waals surface area (Å²) >= 11 is 0. The molecule has 2 aliphatic heterocycles. The summed E-state index contributed by atoms with van der Waals surface area (Å²) in [4.78, 5) is 26.3. The second-order valence-corrected chi connectivity index (χ2v) is 8.46. The quantitative estimate of drug-likeness (QED) is 0.630. The molecular formula is C19H23FN4O4. The minimum Gasteiger partial charge on any atom is -0.487 e. The van der Waals surface area contributed by atoms with Crippen LogP contribution in [0.4, 0.5) is 15.8 Å². The maximum atomic E-state index is 15.3. The van der Waals surface area contributed by atoms with Gasteiger partial charge in [0.25, 0.3) is 0 Å². The first-order valence-corrected chi connectivity index (χ1v) is 9.11. The first kappa shape index (κ1) is 18.5. The molecule has 1 saturated heterocycles. The lowest BCUT2D eigenvalue weighted by Gasteiger charge is -2.36. The van der Waals surface area contributed by atoms with E-state index in [2.05, 4.69) is 0 Å². The van der Waals surface area contributed by atoms with Gasteiger partial charge in [0.1, 0.15) is 17.9 Å². The molecule has 4 rings (SSSR count). The van der Waals surface area contributed by atoms with E-state index in [1.165, 1.54) is 6.20 Å². The van der Waals surface area contributed by atoms with Crippen molar-refractivity contribution in [2.24, 2.45) is 5.73 Å². The molecule has 0 amide bonds. The van der Waals surface area contributed by atoms with Gasteiger partial charge in [-0.25, -0.2) is 9.18 Å². The third-order valence-electron chi connectivity index (χ3n) is 5.46. The summed E-state index contributed by atoms with van der Waals surface area (Å²) in [7, 11) is 0. The molecule has 1 fully saturated rings. The molecule has 2 aliphatic rings. The van der Waals surface area contributed by atoms with Gasteiger partial charge in [-0.2, -0.15) is 0 Å². The molecule has 3 heterocycles. The largest absolute Gasteiger partial charge is 0.487 e. The first-order valence-electron chi connectivity index (χ1n) is 9.11. The van der Waals surface area contributed by atoms with Gasteiger partial charge in [0, 0.05) is 24.3 Å². The number of pyridine rings is 1. The highest BCUT2D eigenvalue weighted by Crippen LogP contribution is 2.47. The van der Waals surface area contributed by atoms with Gasteiger partial charge in [0.2, 0.25) is 5.43 Å². The van der Waals surface area contributed by atoms with E-state index >= 15 is 4.39 Å². The molecule has 0 aliphatic carbocycles. The Morgan fingerprint density at radius 2 is 2.07 bits per heavy atom. The third-order valence-corrected chi connectivity index (χ3v) is 5.46. The predicted molar refractivity (Wildman–Crippen MR) is 104 cm³/mol. The Hall–Kier alpha value is -2.81. The molecule has 2 atom stereocenters. The maximum Gasteiger partial charge on any atom is 0.341 e. The number of fused-ring (bicyclic) bond motifs is 5. The summed E-state index contributed by atoms with van der Waals surface area (Å²) in [5, 5.41) is 9.29. The van der Waals surface area contributed by atoms with E-state index in [-0.39, 0.29) is 34.6 Å². The van der Waals surface area contributed by atoms with Gasteiger partial charge < -0.3 is 30.8 Å². The minimum atomic E-state index is -1.39. The van der Waals surface area contributed by atoms with Crippen molar-refractivity contribution in [1.29, 1.82) is 0 Å². The molecule has 1 aromatic heterocycles. The molecular weight excluding hydrogens is 367 g/mol. The standard InChI is InChI=1S/C19H23FN4O4/c1-19(2,3)24-6-10(18(26)27)16(25)11-13(22)12(20)15-17(14(11)24)28-7-9-4-8(21)5-23(9)15/h6,8-9H,4-5,7,21-22H2,1-3H3,(H,26,27). The van der Waals surface area contributed by atoms with Crippen LogP contribution in [0.1, 0.15) is 37.6 Å². The van der Waals surface area contributed by atoms with Crippen molar-refractivity contribution >= 4 is 28.2 Å². The summed E-state index contributed by atoms with van der Waals surface area (Å²) in [6.07, 6.45) is 1.94. The van der Waals surface area contributed by atoms with E-state index in [9.17, 15) is 14.7 Å². The van der Waals surface area contributed by atoms with E-state index in [1.807, 2.05) is 25.7 Å². The molecule has 2 aromatic rings. The van der Waals surface area contributed by atoms with E-state index in [0.717, 1.165) is 0 Å². The number of hydrogen-bond acceptors (Lipinski definition) is 6. The summed E-state index contributed by atoms with van der Waals surface area (Å²) in [5.74, 6) is -1.97.